The maximum atomic E-state index is 13.3. The zero-order valence-corrected chi connectivity index (χ0v) is 15.7. The molecule has 0 unspecified atom stereocenters. The molecule has 2 atom stereocenters. The van der Waals surface area contributed by atoms with Crippen LogP contribution < -0.4 is 10.1 Å². The van der Waals surface area contributed by atoms with E-state index < -0.39 is 0 Å². The number of Topliss-reactive ketones (excluding diaryl/α,β-unsaturated/α-hetero) is 1. The number of aryl methyl sites for hydroxylation is 1. The first-order valence-electron chi connectivity index (χ1n) is 9.28. The third-order valence-electron chi connectivity index (χ3n) is 5.40. The molecule has 5 rings (SSSR count). The molecular formula is C21H20N4O3. The second-order valence-corrected chi connectivity index (χ2v) is 7.13. The van der Waals surface area contributed by atoms with Gasteiger partial charge in [-0.25, -0.2) is 4.68 Å². The van der Waals surface area contributed by atoms with Crippen molar-refractivity contribution in [2.24, 2.45) is 0 Å². The van der Waals surface area contributed by atoms with E-state index in [4.69, 9.17) is 9.15 Å². The van der Waals surface area contributed by atoms with Gasteiger partial charge in [0.2, 0.25) is 5.95 Å². The average molecular weight is 376 g/mol. The number of hydrogen-bond acceptors (Lipinski definition) is 6. The maximum absolute atomic E-state index is 13.3. The van der Waals surface area contributed by atoms with Gasteiger partial charge in [0, 0.05) is 29.2 Å². The number of benzene rings is 1. The number of ether oxygens (including phenoxy) is 1. The van der Waals surface area contributed by atoms with E-state index in [-0.39, 0.29) is 17.7 Å². The Hall–Kier alpha value is -3.35. The van der Waals surface area contributed by atoms with E-state index in [1.165, 1.54) is 0 Å². The highest BCUT2D eigenvalue weighted by Gasteiger charge is 2.41. The Kier molecular flexibility index (Phi) is 3.82. The summed E-state index contributed by atoms with van der Waals surface area (Å²) >= 11 is 0. The third kappa shape index (κ3) is 2.54. The molecular weight excluding hydrogens is 356 g/mol. The highest BCUT2D eigenvalue weighted by Crippen LogP contribution is 2.45. The summed E-state index contributed by atoms with van der Waals surface area (Å²) in [6, 6.07) is 11.2. The molecule has 1 aliphatic heterocycles. The number of carbonyl (C=O) groups is 1. The number of allylic oxidation sites excluding steroid dienone is 2. The average Bonchev–Trinajstić information content (AvgIpc) is 3.35. The molecule has 1 aliphatic carbocycles. The van der Waals surface area contributed by atoms with Crippen molar-refractivity contribution in [1.29, 1.82) is 0 Å². The van der Waals surface area contributed by atoms with Crippen LogP contribution >= 0.6 is 0 Å². The smallest absolute Gasteiger partial charge is 0.226 e. The summed E-state index contributed by atoms with van der Waals surface area (Å²) in [6.07, 6.45) is 2.74. The van der Waals surface area contributed by atoms with Crippen LogP contribution in [-0.2, 0) is 4.79 Å². The normalized spacial score (nSPS) is 21.1. The van der Waals surface area contributed by atoms with Gasteiger partial charge in [0.1, 0.15) is 23.4 Å². The summed E-state index contributed by atoms with van der Waals surface area (Å²) in [5.74, 6) is 2.95. The molecule has 3 heterocycles. The standard InChI is InChI=1S/C21H20N4O3/c1-12-22-21-23-15-10-13(17-8-5-9-28-17)11-16(26)19(15)20(25(21)24-12)14-6-3-4-7-18(14)27-2/h3-9,13,20H,10-11H2,1-2H3,(H,22,23,24)/t13-,20+/m0/s1. The lowest BCUT2D eigenvalue weighted by Crippen LogP contribution is -2.33. The molecule has 7 nitrogen and oxygen atoms in total. The summed E-state index contributed by atoms with van der Waals surface area (Å²) in [5, 5.41) is 7.91. The first kappa shape index (κ1) is 16.8. The summed E-state index contributed by atoms with van der Waals surface area (Å²) < 4.78 is 12.9. The fraction of sp³-hybridized carbons (Fsp3) is 0.286. The number of hydrogen-bond donors (Lipinski definition) is 1. The lowest BCUT2D eigenvalue weighted by atomic mass is 9.79. The molecule has 7 heteroatoms. The molecule has 142 valence electrons. The van der Waals surface area contributed by atoms with Gasteiger partial charge in [0.15, 0.2) is 5.78 Å². The number of furan rings is 1. The molecule has 0 radical (unpaired) electrons. The van der Waals surface area contributed by atoms with E-state index in [0.717, 1.165) is 28.3 Å². The second kappa shape index (κ2) is 6.37. The van der Waals surface area contributed by atoms with Gasteiger partial charge in [-0.3, -0.25) is 4.79 Å². The fourth-order valence-electron chi connectivity index (χ4n) is 4.22. The molecule has 0 saturated heterocycles. The Labute approximate surface area is 162 Å². The van der Waals surface area contributed by atoms with Crippen molar-refractivity contribution in [3.8, 4) is 5.75 Å². The summed E-state index contributed by atoms with van der Waals surface area (Å²) in [7, 11) is 1.64. The van der Waals surface area contributed by atoms with Crippen LogP contribution in [0.2, 0.25) is 0 Å². The minimum absolute atomic E-state index is 0.0163. The molecule has 0 bridgehead atoms. The van der Waals surface area contributed by atoms with E-state index in [1.807, 2.05) is 43.3 Å². The van der Waals surface area contributed by atoms with Crippen molar-refractivity contribution in [1.82, 2.24) is 14.8 Å². The quantitative estimate of drug-likeness (QED) is 0.752. The number of fused-ring (bicyclic) bond motifs is 1. The highest BCUT2D eigenvalue weighted by atomic mass is 16.5. The largest absolute Gasteiger partial charge is 0.496 e. The van der Waals surface area contributed by atoms with Gasteiger partial charge in [0.25, 0.3) is 0 Å². The zero-order valence-electron chi connectivity index (χ0n) is 15.7. The first-order valence-corrected chi connectivity index (χ1v) is 9.28. The highest BCUT2D eigenvalue weighted by molar-refractivity contribution is 6.00. The van der Waals surface area contributed by atoms with Crippen LogP contribution in [0.1, 0.15) is 41.9 Å². The number of aromatic nitrogens is 3. The van der Waals surface area contributed by atoms with Gasteiger partial charge >= 0.3 is 0 Å². The summed E-state index contributed by atoms with van der Waals surface area (Å²) in [6.45, 7) is 1.85. The lowest BCUT2D eigenvalue weighted by Gasteiger charge is -2.34. The van der Waals surface area contributed by atoms with Crippen molar-refractivity contribution < 1.29 is 13.9 Å². The minimum atomic E-state index is -0.367. The van der Waals surface area contributed by atoms with Gasteiger partial charge in [-0.2, -0.15) is 10.1 Å². The van der Waals surface area contributed by atoms with Crippen LogP contribution in [0.5, 0.6) is 5.75 Å². The van der Waals surface area contributed by atoms with Crippen molar-refractivity contribution in [3.63, 3.8) is 0 Å². The van der Waals surface area contributed by atoms with E-state index in [1.54, 1.807) is 18.1 Å². The molecule has 0 amide bonds. The molecule has 2 aromatic heterocycles. The van der Waals surface area contributed by atoms with Gasteiger partial charge in [-0.15, -0.1) is 0 Å². The number of anilines is 1. The fourth-order valence-corrected chi connectivity index (χ4v) is 4.22. The number of ketones is 1. The van der Waals surface area contributed by atoms with Crippen LogP contribution in [0.25, 0.3) is 0 Å². The molecule has 0 fully saturated rings. The lowest BCUT2D eigenvalue weighted by molar-refractivity contribution is -0.117. The molecule has 1 N–H and O–H groups in total. The monoisotopic (exact) mass is 376 g/mol. The Morgan fingerprint density at radius 3 is 2.86 bits per heavy atom. The SMILES string of the molecule is COc1ccccc1[C@@H]1C2=C(C[C@H](c3ccco3)CC2=O)Nc2nc(C)nn21. The predicted molar refractivity (Wildman–Crippen MR) is 102 cm³/mol. The molecule has 0 spiro atoms. The topological polar surface area (TPSA) is 82.2 Å². The third-order valence-corrected chi connectivity index (χ3v) is 5.40. The van der Waals surface area contributed by atoms with Crippen LogP contribution in [0.3, 0.4) is 0 Å². The summed E-state index contributed by atoms with van der Waals surface area (Å²) in [4.78, 5) is 17.8. The van der Waals surface area contributed by atoms with E-state index in [0.29, 0.717) is 24.6 Å². The number of para-hydroxylation sites is 1. The number of carbonyl (C=O) groups excluding carboxylic acids is 1. The Bertz CT molecular complexity index is 1080. The Morgan fingerprint density at radius 1 is 1.21 bits per heavy atom. The van der Waals surface area contributed by atoms with Gasteiger partial charge in [-0.1, -0.05) is 18.2 Å². The summed E-state index contributed by atoms with van der Waals surface area (Å²) in [5.41, 5.74) is 2.51. The second-order valence-electron chi connectivity index (χ2n) is 7.13. The molecule has 1 aromatic carbocycles. The molecule has 2 aliphatic rings. The molecule has 3 aromatic rings. The van der Waals surface area contributed by atoms with Gasteiger partial charge < -0.3 is 14.5 Å². The van der Waals surface area contributed by atoms with Crippen LogP contribution in [-0.4, -0.2) is 27.7 Å². The van der Waals surface area contributed by atoms with Crippen LogP contribution in [0.15, 0.2) is 58.3 Å². The number of methoxy groups -OCH3 is 1. The van der Waals surface area contributed by atoms with Crippen molar-refractivity contribution in [2.45, 2.75) is 31.7 Å². The zero-order chi connectivity index (χ0) is 19.3. The maximum Gasteiger partial charge on any atom is 0.226 e. The van der Waals surface area contributed by atoms with E-state index in [2.05, 4.69) is 15.4 Å². The van der Waals surface area contributed by atoms with Crippen LogP contribution in [0.4, 0.5) is 5.95 Å². The first-order chi connectivity index (χ1) is 13.7. The minimum Gasteiger partial charge on any atom is -0.496 e. The number of nitrogens with one attached hydrogen (secondary N) is 1. The number of rotatable bonds is 3. The molecule has 0 saturated carbocycles. The van der Waals surface area contributed by atoms with Crippen LogP contribution in [0, 0.1) is 6.92 Å². The van der Waals surface area contributed by atoms with Crippen molar-refractivity contribution in [2.75, 3.05) is 12.4 Å². The predicted octanol–water partition coefficient (Wildman–Crippen LogP) is 3.60. The number of nitrogens with zero attached hydrogens (tertiary/aromatic N) is 3. The van der Waals surface area contributed by atoms with Crippen molar-refractivity contribution in [3.05, 3.63) is 71.1 Å². The Balaban J connectivity index is 1.66. The van der Waals surface area contributed by atoms with Crippen molar-refractivity contribution >= 4 is 11.7 Å². The van der Waals surface area contributed by atoms with Gasteiger partial charge in [0.05, 0.1) is 13.4 Å². The van der Waals surface area contributed by atoms with E-state index >= 15 is 0 Å². The van der Waals surface area contributed by atoms with E-state index in [9.17, 15) is 4.79 Å². The van der Waals surface area contributed by atoms with Gasteiger partial charge in [-0.05, 0) is 31.5 Å². The molecule has 28 heavy (non-hydrogen) atoms. The Morgan fingerprint density at radius 2 is 2.07 bits per heavy atom.